The number of carbonyl (C=O) groups is 2. The molecule has 0 aliphatic carbocycles. The molecule has 1 rings (SSSR count). The van der Waals surface area contributed by atoms with Crippen LogP contribution in [-0.2, 0) is 28.5 Å². The van der Waals surface area contributed by atoms with E-state index in [9.17, 15) is 30.0 Å². The van der Waals surface area contributed by atoms with Gasteiger partial charge in [-0.1, -0.05) is 131 Å². The predicted molar refractivity (Wildman–Crippen MR) is 214 cm³/mol. The molecule has 0 amide bonds. The van der Waals surface area contributed by atoms with Crippen molar-refractivity contribution < 1.29 is 49.0 Å². The topological polar surface area (TPSA) is 152 Å². The predicted octanol–water partition coefficient (Wildman–Crippen LogP) is 7.82. The van der Waals surface area contributed by atoms with Crippen LogP contribution >= 0.6 is 0 Å². The Morgan fingerprint density at radius 3 is 1.74 bits per heavy atom. The van der Waals surface area contributed by atoms with Crippen LogP contribution in [-0.4, -0.2) is 89.0 Å². The minimum Gasteiger partial charge on any atom is -0.462 e. The first-order chi connectivity index (χ1) is 26.3. The van der Waals surface area contributed by atoms with Crippen LogP contribution in [0.15, 0.2) is 85.1 Å². The minimum absolute atomic E-state index is 0.0100. The third-order valence-electron chi connectivity index (χ3n) is 8.55. The minimum atomic E-state index is -1.62. The van der Waals surface area contributed by atoms with Crippen molar-refractivity contribution in [1.29, 1.82) is 0 Å². The van der Waals surface area contributed by atoms with Crippen molar-refractivity contribution in [1.82, 2.24) is 0 Å². The van der Waals surface area contributed by atoms with E-state index >= 15 is 0 Å². The van der Waals surface area contributed by atoms with Crippen LogP contribution in [0.2, 0.25) is 0 Å². The third-order valence-corrected chi connectivity index (χ3v) is 8.55. The Balaban J connectivity index is 2.47. The zero-order chi connectivity index (χ0) is 39.5. The summed E-state index contributed by atoms with van der Waals surface area (Å²) in [7, 11) is 0. The summed E-state index contributed by atoms with van der Waals surface area (Å²) in [6, 6.07) is 0. The lowest BCUT2D eigenvalue weighted by Crippen LogP contribution is -2.59. The zero-order valence-corrected chi connectivity index (χ0v) is 32.9. The second-order valence-electron chi connectivity index (χ2n) is 13.4. The molecule has 1 saturated heterocycles. The number of aliphatic hydroxyl groups excluding tert-OH is 4. The molecule has 1 heterocycles. The molecule has 1 aliphatic heterocycles. The summed E-state index contributed by atoms with van der Waals surface area (Å²) in [5, 5.41) is 39.9. The number of carbonyl (C=O) groups excluding carboxylic acids is 2. The average Bonchev–Trinajstić information content (AvgIpc) is 3.17. The summed E-state index contributed by atoms with van der Waals surface area (Å²) >= 11 is 0. The third kappa shape index (κ3) is 25.8. The van der Waals surface area contributed by atoms with E-state index in [1.165, 1.54) is 12.8 Å². The molecule has 0 aromatic carbocycles. The molecule has 0 radical (unpaired) electrons. The smallest absolute Gasteiger partial charge is 0.310 e. The maximum absolute atomic E-state index is 12.7. The summed E-state index contributed by atoms with van der Waals surface area (Å²) in [4.78, 5) is 25.2. The molecule has 0 bridgehead atoms. The fourth-order valence-electron chi connectivity index (χ4n) is 5.34. The Morgan fingerprint density at radius 1 is 0.611 bits per heavy atom. The molecule has 306 valence electrons. The lowest BCUT2D eigenvalue weighted by molar-refractivity contribution is -0.305. The number of hydrogen-bond acceptors (Lipinski definition) is 10. The van der Waals surface area contributed by atoms with Gasteiger partial charge in [0.2, 0.25) is 0 Å². The molecule has 1 fully saturated rings. The normalized spacial score (nSPS) is 21.6. The van der Waals surface area contributed by atoms with Gasteiger partial charge in [-0.25, -0.2) is 0 Å². The van der Waals surface area contributed by atoms with Crippen LogP contribution in [0.4, 0.5) is 0 Å². The van der Waals surface area contributed by atoms with Crippen LogP contribution in [0.1, 0.15) is 123 Å². The zero-order valence-electron chi connectivity index (χ0n) is 32.9. The van der Waals surface area contributed by atoms with Crippen molar-refractivity contribution in [3.05, 3.63) is 85.1 Å². The molecule has 0 saturated carbocycles. The van der Waals surface area contributed by atoms with Gasteiger partial charge < -0.3 is 39.4 Å². The molecule has 10 nitrogen and oxygen atoms in total. The van der Waals surface area contributed by atoms with Crippen molar-refractivity contribution in [2.24, 2.45) is 0 Å². The molecular formula is C44H70O10. The Kier molecular flexibility index (Phi) is 31.1. The van der Waals surface area contributed by atoms with Gasteiger partial charge in [-0.2, -0.15) is 0 Å². The van der Waals surface area contributed by atoms with Crippen LogP contribution < -0.4 is 0 Å². The second-order valence-corrected chi connectivity index (χ2v) is 13.4. The molecule has 6 atom stereocenters. The second kappa shape index (κ2) is 34.4. The first kappa shape index (κ1) is 48.9. The Bertz CT molecular complexity index is 1150. The van der Waals surface area contributed by atoms with E-state index in [1.54, 1.807) is 6.08 Å². The Hall–Kier alpha value is -3.12. The fourth-order valence-corrected chi connectivity index (χ4v) is 5.34. The van der Waals surface area contributed by atoms with Gasteiger partial charge in [0, 0.05) is 6.42 Å². The van der Waals surface area contributed by atoms with Gasteiger partial charge in [-0.05, 0) is 64.2 Å². The van der Waals surface area contributed by atoms with E-state index in [2.05, 4.69) is 80.7 Å². The SMILES string of the molecule is CC/C=C\C/C=C\C/C=C\C/C=C\C/C=C\CC(=O)OC(COC(=O)CCCCCCC/C=C\C/C=C\CCCC)COC1OC(CO)C(O)C(O)C1O. The molecule has 4 N–H and O–H groups in total. The number of hydrogen-bond donors (Lipinski definition) is 4. The van der Waals surface area contributed by atoms with E-state index in [4.69, 9.17) is 18.9 Å². The van der Waals surface area contributed by atoms with Gasteiger partial charge in [0.15, 0.2) is 12.4 Å². The van der Waals surface area contributed by atoms with Crippen LogP contribution in [0.3, 0.4) is 0 Å². The standard InChI is InChI=1S/C44H70O10/c1-3-5-7-9-11-13-15-17-19-21-23-25-27-29-31-33-40(47)53-37(36-52-44-43(50)42(49)41(48)38(34-45)54-44)35-51-39(46)32-30-28-26-24-22-20-18-16-14-12-10-8-6-4-2/h5,7,10-13,16-19,23,25,29,31,37-38,41-45,48-50H,3-4,6,8-9,14-15,20-22,24,26-28,30,32-36H2,1-2H3/b7-5-,12-10-,13-11-,18-16-,19-17-,25-23-,31-29-. The molecule has 10 heteroatoms. The average molecular weight is 759 g/mol. The van der Waals surface area contributed by atoms with Crippen LogP contribution in [0.25, 0.3) is 0 Å². The summed E-state index contributed by atoms with van der Waals surface area (Å²) < 4.78 is 21.9. The van der Waals surface area contributed by atoms with E-state index in [0.717, 1.165) is 70.6 Å². The first-order valence-corrected chi connectivity index (χ1v) is 20.2. The molecule has 0 aromatic rings. The number of allylic oxidation sites excluding steroid dienone is 13. The van der Waals surface area contributed by atoms with Crippen molar-refractivity contribution in [3.63, 3.8) is 0 Å². The molecular weight excluding hydrogens is 688 g/mol. The highest BCUT2D eigenvalue weighted by atomic mass is 16.7. The van der Waals surface area contributed by atoms with E-state index in [1.807, 2.05) is 12.2 Å². The first-order valence-electron chi connectivity index (χ1n) is 20.2. The van der Waals surface area contributed by atoms with E-state index < -0.39 is 55.4 Å². The maximum atomic E-state index is 12.7. The number of unbranched alkanes of at least 4 members (excludes halogenated alkanes) is 7. The van der Waals surface area contributed by atoms with E-state index in [0.29, 0.717) is 12.8 Å². The quantitative estimate of drug-likeness (QED) is 0.0313. The van der Waals surface area contributed by atoms with Gasteiger partial charge >= 0.3 is 11.9 Å². The van der Waals surface area contributed by atoms with Crippen molar-refractivity contribution in [2.75, 3.05) is 19.8 Å². The Labute approximate surface area is 325 Å². The van der Waals surface area contributed by atoms with E-state index in [-0.39, 0.29) is 26.1 Å². The molecule has 1 aliphatic rings. The highest BCUT2D eigenvalue weighted by molar-refractivity contribution is 5.71. The van der Waals surface area contributed by atoms with Gasteiger partial charge in [-0.3, -0.25) is 9.59 Å². The number of esters is 2. The summed E-state index contributed by atoms with van der Waals surface area (Å²) in [5.41, 5.74) is 0. The number of rotatable bonds is 31. The van der Waals surface area contributed by atoms with Gasteiger partial charge in [-0.15, -0.1) is 0 Å². The van der Waals surface area contributed by atoms with Crippen LogP contribution in [0, 0.1) is 0 Å². The monoisotopic (exact) mass is 758 g/mol. The van der Waals surface area contributed by atoms with Crippen molar-refractivity contribution in [2.45, 2.75) is 160 Å². The van der Waals surface area contributed by atoms with Crippen molar-refractivity contribution in [3.8, 4) is 0 Å². The molecule has 6 unspecified atom stereocenters. The summed E-state index contributed by atoms with van der Waals surface area (Å²) in [6.45, 7) is 3.12. The lowest BCUT2D eigenvalue weighted by atomic mass is 9.99. The molecule has 0 aromatic heterocycles. The summed E-state index contributed by atoms with van der Waals surface area (Å²) in [6.07, 6.45) is 36.2. The summed E-state index contributed by atoms with van der Waals surface area (Å²) in [5.74, 6) is -0.982. The van der Waals surface area contributed by atoms with Gasteiger partial charge in [0.25, 0.3) is 0 Å². The number of aliphatic hydroxyl groups is 4. The van der Waals surface area contributed by atoms with Crippen LogP contribution in [0.5, 0.6) is 0 Å². The lowest BCUT2D eigenvalue weighted by Gasteiger charge is -2.39. The van der Waals surface area contributed by atoms with Gasteiger partial charge in [0.1, 0.15) is 31.0 Å². The maximum Gasteiger partial charge on any atom is 0.310 e. The van der Waals surface area contributed by atoms with Crippen molar-refractivity contribution >= 4 is 11.9 Å². The van der Waals surface area contributed by atoms with Gasteiger partial charge in [0.05, 0.1) is 19.6 Å². The molecule has 0 spiro atoms. The molecule has 54 heavy (non-hydrogen) atoms. The Morgan fingerprint density at radius 2 is 1.15 bits per heavy atom. The fraction of sp³-hybridized carbons (Fsp3) is 0.636. The number of ether oxygens (including phenoxy) is 4. The largest absolute Gasteiger partial charge is 0.462 e. The highest BCUT2D eigenvalue weighted by Gasteiger charge is 2.44. The highest BCUT2D eigenvalue weighted by Crippen LogP contribution is 2.22.